The summed E-state index contributed by atoms with van der Waals surface area (Å²) in [6, 6.07) is 11.0. The van der Waals surface area contributed by atoms with Gasteiger partial charge in [-0.2, -0.15) is 13.2 Å². The number of anilines is 1. The number of hydrogen-bond acceptors (Lipinski definition) is 6. The van der Waals surface area contributed by atoms with Gasteiger partial charge in [0.2, 0.25) is 9.47 Å². The first-order chi connectivity index (χ1) is 14.0. The van der Waals surface area contributed by atoms with Gasteiger partial charge in [0.25, 0.3) is 15.9 Å². The van der Waals surface area contributed by atoms with E-state index < -0.39 is 32.0 Å². The molecule has 1 aromatic heterocycles. The molecule has 3 aromatic rings. The number of sulfonamides is 1. The fraction of sp³-hybridized carbons (Fsp3) is 0.167. The third-order valence-electron chi connectivity index (χ3n) is 3.89. The lowest BCUT2D eigenvalue weighted by Crippen LogP contribution is -2.23. The highest BCUT2D eigenvalue weighted by Crippen LogP contribution is 2.29. The average molecular weight is 456 g/mol. The summed E-state index contributed by atoms with van der Waals surface area (Å²) in [6.45, 7) is 1.51. The SMILES string of the molecule is Cc1ccc(C(=O)Nc2nnc(S(=O)(=O)NCc3cccc(C(F)(F)F)c3)s2)cc1. The Morgan fingerprint density at radius 3 is 2.47 bits per heavy atom. The number of carbonyl (C=O) groups excluding carboxylic acids is 1. The van der Waals surface area contributed by atoms with Crippen molar-refractivity contribution in [2.24, 2.45) is 0 Å². The second-order valence-corrected chi connectivity index (χ2v) is 9.13. The highest BCUT2D eigenvalue weighted by molar-refractivity contribution is 7.91. The lowest BCUT2D eigenvalue weighted by Gasteiger charge is -2.09. The summed E-state index contributed by atoms with van der Waals surface area (Å²) < 4.78 is 64.8. The van der Waals surface area contributed by atoms with E-state index in [0.29, 0.717) is 16.9 Å². The van der Waals surface area contributed by atoms with Gasteiger partial charge in [0.1, 0.15) is 0 Å². The smallest absolute Gasteiger partial charge is 0.296 e. The Hall–Kier alpha value is -2.83. The molecule has 30 heavy (non-hydrogen) atoms. The summed E-state index contributed by atoms with van der Waals surface area (Å²) in [5, 5.41) is 9.61. The molecule has 0 saturated heterocycles. The summed E-state index contributed by atoms with van der Waals surface area (Å²) in [5.74, 6) is -0.480. The molecule has 3 rings (SSSR count). The number of benzene rings is 2. The number of halogens is 3. The van der Waals surface area contributed by atoms with E-state index in [2.05, 4.69) is 20.2 Å². The van der Waals surface area contributed by atoms with Crippen LogP contribution in [0.3, 0.4) is 0 Å². The van der Waals surface area contributed by atoms with Crippen LogP contribution in [-0.4, -0.2) is 24.5 Å². The van der Waals surface area contributed by atoms with Gasteiger partial charge in [-0.25, -0.2) is 13.1 Å². The van der Waals surface area contributed by atoms with Crippen LogP contribution in [0.2, 0.25) is 0 Å². The maximum atomic E-state index is 12.8. The number of hydrogen-bond donors (Lipinski definition) is 2. The number of nitrogens with zero attached hydrogens (tertiary/aromatic N) is 2. The second kappa shape index (κ2) is 8.50. The minimum absolute atomic E-state index is 0.0278. The van der Waals surface area contributed by atoms with Crippen molar-refractivity contribution in [2.45, 2.75) is 24.0 Å². The molecule has 0 unspecified atom stereocenters. The summed E-state index contributed by atoms with van der Waals surface area (Å²) in [4.78, 5) is 12.2. The molecule has 2 N–H and O–H groups in total. The zero-order valence-corrected chi connectivity index (χ0v) is 17.0. The van der Waals surface area contributed by atoms with Crippen molar-refractivity contribution >= 4 is 32.4 Å². The lowest BCUT2D eigenvalue weighted by atomic mass is 10.1. The Balaban J connectivity index is 1.67. The number of amides is 1. The zero-order chi connectivity index (χ0) is 21.9. The Kier molecular flexibility index (Phi) is 6.19. The van der Waals surface area contributed by atoms with Crippen molar-refractivity contribution in [1.29, 1.82) is 0 Å². The minimum Gasteiger partial charge on any atom is -0.296 e. The molecule has 0 aliphatic carbocycles. The van der Waals surface area contributed by atoms with Crippen molar-refractivity contribution in [1.82, 2.24) is 14.9 Å². The van der Waals surface area contributed by atoms with Gasteiger partial charge >= 0.3 is 6.18 Å². The van der Waals surface area contributed by atoms with Gasteiger partial charge in [0.05, 0.1) is 5.56 Å². The third kappa shape index (κ3) is 5.40. The van der Waals surface area contributed by atoms with Crippen LogP contribution < -0.4 is 10.0 Å². The first-order valence-electron chi connectivity index (χ1n) is 8.42. The number of alkyl halides is 3. The van der Waals surface area contributed by atoms with Crippen molar-refractivity contribution in [3.8, 4) is 0 Å². The van der Waals surface area contributed by atoms with E-state index in [-0.39, 0.29) is 17.2 Å². The molecule has 0 spiro atoms. The molecule has 0 aliphatic rings. The number of rotatable bonds is 6. The minimum atomic E-state index is -4.53. The molecule has 0 fully saturated rings. The molecule has 7 nitrogen and oxygen atoms in total. The number of nitrogens with one attached hydrogen (secondary N) is 2. The van der Waals surface area contributed by atoms with Crippen LogP contribution in [0.5, 0.6) is 0 Å². The van der Waals surface area contributed by atoms with Crippen LogP contribution >= 0.6 is 11.3 Å². The second-order valence-electron chi connectivity index (χ2n) is 6.22. The van der Waals surface area contributed by atoms with Crippen molar-refractivity contribution in [2.75, 3.05) is 5.32 Å². The standard InChI is InChI=1S/C18H15F3N4O3S2/c1-11-5-7-13(8-6-11)15(26)23-16-24-25-17(29-16)30(27,28)22-10-12-3-2-4-14(9-12)18(19,20)21/h2-9,22H,10H2,1H3,(H,23,24,26). The summed E-state index contributed by atoms with van der Waals surface area (Å²) in [7, 11) is -4.13. The summed E-state index contributed by atoms with van der Waals surface area (Å²) in [5.41, 5.74) is 0.590. The summed E-state index contributed by atoms with van der Waals surface area (Å²) in [6.07, 6.45) is -4.53. The molecule has 0 bridgehead atoms. The van der Waals surface area contributed by atoms with E-state index in [1.54, 1.807) is 24.3 Å². The zero-order valence-electron chi connectivity index (χ0n) is 15.4. The van der Waals surface area contributed by atoms with Gasteiger partial charge in [0, 0.05) is 12.1 Å². The van der Waals surface area contributed by atoms with E-state index >= 15 is 0 Å². The molecular formula is C18H15F3N4O3S2. The van der Waals surface area contributed by atoms with Crippen LogP contribution in [0, 0.1) is 6.92 Å². The molecule has 0 aliphatic heterocycles. The quantitative estimate of drug-likeness (QED) is 0.552. The molecule has 0 saturated carbocycles. The first kappa shape index (κ1) is 21.9. The first-order valence-corrected chi connectivity index (χ1v) is 10.7. The van der Waals surface area contributed by atoms with Crippen molar-refractivity contribution in [3.05, 3.63) is 70.8 Å². The molecule has 1 heterocycles. The topological polar surface area (TPSA) is 101 Å². The lowest BCUT2D eigenvalue weighted by molar-refractivity contribution is -0.137. The molecule has 0 radical (unpaired) electrons. The maximum Gasteiger partial charge on any atom is 0.416 e. The summed E-state index contributed by atoms with van der Waals surface area (Å²) >= 11 is 0.624. The van der Waals surface area contributed by atoms with E-state index in [0.717, 1.165) is 17.7 Å². The highest BCUT2D eigenvalue weighted by Gasteiger charge is 2.30. The number of aromatic nitrogens is 2. The van der Waals surface area contributed by atoms with Crippen LogP contribution in [-0.2, 0) is 22.7 Å². The van der Waals surface area contributed by atoms with Gasteiger partial charge < -0.3 is 0 Å². The van der Waals surface area contributed by atoms with E-state index in [9.17, 15) is 26.4 Å². The molecule has 12 heteroatoms. The van der Waals surface area contributed by atoms with Crippen molar-refractivity contribution in [3.63, 3.8) is 0 Å². The number of carbonyl (C=O) groups is 1. The Morgan fingerprint density at radius 1 is 1.10 bits per heavy atom. The fourth-order valence-electron chi connectivity index (χ4n) is 2.34. The fourth-order valence-corrected chi connectivity index (χ4v) is 4.29. The van der Waals surface area contributed by atoms with Crippen LogP contribution in [0.25, 0.3) is 0 Å². The van der Waals surface area contributed by atoms with E-state index in [4.69, 9.17) is 0 Å². The molecule has 2 aromatic carbocycles. The van der Waals surface area contributed by atoms with Gasteiger partial charge in [-0.15, -0.1) is 10.2 Å². The predicted octanol–water partition coefficient (Wildman–Crippen LogP) is 3.60. The van der Waals surface area contributed by atoms with E-state index in [1.807, 2.05) is 6.92 Å². The normalized spacial score (nSPS) is 12.0. The van der Waals surface area contributed by atoms with Gasteiger partial charge in [-0.05, 0) is 30.7 Å². The Bertz CT molecular complexity index is 1160. The van der Waals surface area contributed by atoms with Gasteiger partial charge in [-0.3, -0.25) is 10.1 Å². The molecule has 0 atom stereocenters. The van der Waals surface area contributed by atoms with Gasteiger partial charge in [-0.1, -0.05) is 47.2 Å². The van der Waals surface area contributed by atoms with Crippen LogP contribution in [0.15, 0.2) is 52.9 Å². The van der Waals surface area contributed by atoms with E-state index in [1.165, 1.54) is 12.1 Å². The average Bonchev–Trinajstić information content (AvgIpc) is 3.16. The molecule has 158 valence electrons. The van der Waals surface area contributed by atoms with Gasteiger partial charge in [0.15, 0.2) is 0 Å². The third-order valence-corrected chi connectivity index (χ3v) is 6.50. The Morgan fingerprint density at radius 2 is 1.80 bits per heavy atom. The molecular weight excluding hydrogens is 441 g/mol. The van der Waals surface area contributed by atoms with Crippen LogP contribution in [0.1, 0.15) is 27.0 Å². The monoisotopic (exact) mass is 456 g/mol. The number of aryl methyl sites for hydroxylation is 1. The maximum absolute atomic E-state index is 12.8. The van der Waals surface area contributed by atoms with Crippen molar-refractivity contribution < 1.29 is 26.4 Å². The Labute approximate surface area is 174 Å². The predicted molar refractivity (Wildman–Crippen MR) is 105 cm³/mol. The largest absolute Gasteiger partial charge is 0.416 e. The molecule has 1 amide bonds. The highest BCUT2D eigenvalue weighted by atomic mass is 32.2. The van der Waals surface area contributed by atoms with Crippen LogP contribution in [0.4, 0.5) is 18.3 Å².